The van der Waals surface area contributed by atoms with E-state index in [4.69, 9.17) is 5.11 Å². The summed E-state index contributed by atoms with van der Waals surface area (Å²) in [5.74, 6) is -2.14. The van der Waals surface area contributed by atoms with Crippen molar-refractivity contribution in [3.63, 3.8) is 0 Å². The van der Waals surface area contributed by atoms with Crippen LogP contribution in [-0.4, -0.2) is 42.6 Å². The molecule has 0 amide bonds. The Balaban J connectivity index is 2.76. The highest BCUT2D eigenvalue weighted by Gasteiger charge is 2.29. The van der Waals surface area contributed by atoms with Gasteiger partial charge >= 0.3 is 5.97 Å². The molecule has 0 bridgehead atoms. The van der Waals surface area contributed by atoms with E-state index in [1.54, 1.807) is 0 Å². The van der Waals surface area contributed by atoms with Crippen molar-refractivity contribution in [2.24, 2.45) is 5.41 Å². The lowest BCUT2D eigenvalue weighted by molar-refractivity contribution is -0.134. The van der Waals surface area contributed by atoms with Crippen LogP contribution >= 0.6 is 0 Å². The minimum absolute atomic E-state index is 0.0443. The zero-order valence-electron chi connectivity index (χ0n) is 10.4. The van der Waals surface area contributed by atoms with Gasteiger partial charge in [0, 0.05) is 13.1 Å². The molecule has 1 N–H and O–H groups in total. The number of rotatable bonds is 3. The molecule has 1 heterocycles. The molecule has 0 atom stereocenters. The maximum Gasteiger partial charge on any atom is 0.320 e. The number of aliphatic carboxylic acids is 1. The van der Waals surface area contributed by atoms with Crippen molar-refractivity contribution in [2.45, 2.75) is 27.2 Å². The SMILES string of the molecule is CC(C)(C)C1=CCN(S(=O)(=O)CC(=O)O)CC1. The molecule has 5 nitrogen and oxygen atoms in total. The average molecular weight is 261 g/mol. The van der Waals surface area contributed by atoms with Crippen molar-refractivity contribution in [1.29, 1.82) is 0 Å². The Labute approximate surface area is 102 Å². The van der Waals surface area contributed by atoms with Crippen LogP contribution in [0.5, 0.6) is 0 Å². The second-order valence-electron chi connectivity index (χ2n) is 5.24. The van der Waals surface area contributed by atoms with E-state index in [0.717, 1.165) is 0 Å². The van der Waals surface area contributed by atoms with Gasteiger partial charge in [-0.25, -0.2) is 8.42 Å². The van der Waals surface area contributed by atoms with E-state index in [1.165, 1.54) is 9.88 Å². The molecule has 0 aromatic heterocycles. The standard InChI is InChI=1S/C11H19NO4S/c1-11(2,3)9-4-6-12(7-5-9)17(15,16)8-10(13)14/h4H,5-8H2,1-3H3,(H,13,14). The lowest BCUT2D eigenvalue weighted by atomic mass is 9.83. The van der Waals surface area contributed by atoms with Gasteiger partial charge in [-0.2, -0.15) is 4.31 Å². The summed E-state index contributed by atoms with van der Waals surface area (Å²) >= 11 is 0. The Hall–Kier alpha value is -0.880. The first-order valence-corrected chi connectivity index (χ1v) is 7.13. The van der Waals surface area contributed by atoms with Crippen molar-refractivity contribution < 1.29 is 18.3 Å². The number of carboxylic acids is 1. The highest BCUT2D eigenvalue weighted by molar-refractivity contribution is 7.89. The summed E-state index contributed by atoms with van der Waals surface area (Å²) in [6.45, 7) is 6.90. The van der Waals surface area contributed by atoms with E-state index in [9.17, 15) is 13.2 Å². The molecule has 1 aliphatic rings. The number of nitrogens with zero attached hydrogens (tertiary/aromatic N) is 1. The summed E-state index contributed by atoms with van der Waals surface area (Å²) in [4.78, 5) is 10.5. The molecule has 6 heteroatoms. The molecule has 1 rings (SSSR count). The minimum Gasteiger partial charge on any atom is -0.480 e. The third-order valence-corrected chi connectivity index (χ3v) is 4.56. The zero-order valence-corrected chi connectivity index (χ0v) is 11.2. The Morgan fingerprint density at radius 1 is 1.47 bits per heavy atom. The fraction of sp³-hybridized carbons (Fsp3) is 0.727. The van der Waals surface area contributed by atoms with Crippen LogP contribution in [0.4, 0.5) is 0 Å². The fourth-order valence-corrected chi connectivity index (χ4v) is 3.00. The minimum atomic E-state index is -3.66. The molecule has 0 radical (unpaired) electrons. The first-order chi connectivity index (χ1) is 7.63. The highest BCUT2D eigenvalue weighted by atomic mass is 32.2. The van der Waals surface area contributed by atoms with Gasteiger partial charge in [-0.05, 0) is 11.8 Å². The maximum absolute atomic E-state index is 11.7. The first kappa shape index (κ1) is 14.2. The van der Waals surface area contributed by atoms with Crippen LogP contribution in [0.1, 0.15) is 27.2 Å². The molecule has 98 valence electrons. The highest BCUT2D eigenvalue weighted by Crippen LogP contribution is 2.30. The number of hydrogen-bond acceptors (Lipinski definition) is 3. The second kappa shape index (κ2) is 4.78. The van der Waals surface area contributed by atoms with Crippen molar-refractivity contribution in [3.8, 4) is 0 Å². The Kier molecular flexibility index (Phi) is 3.99. The number of sulfonamides is 1. The van der Waals surface area contributed by atoms with E-state index >= 15 is 0 Å². The molecule has 0 aromatic carbocycles. The van der Waals surface area contributed by atoms with Gasteiger partial charge in [-0.3, -0.25) is 4.79 Å². The molecule has 0 unspecified atom stereocenters. The van der Waals surface area contributed by atoms with Crippen LogP contribution < -0.4 is 0 Å². The van der Waals surface area contributed by atoms with Crippen LogP contribution in [0.25, 0.3) is 0 Å². The van der Waals surface area contributed by atoms with E-state index in [1.807, 2.05) is 6.08 Å². The smallest absolute Gasteiger partial charge is 0.320 e. The number of carboxylic acid groups (broad SMARTS) is 1. The second-order valence-corrected chi connectivity index (χ2v) is 7.21. The molecule has 0 aromatic rings. The number of carbonyl (C=O) groups is 1. The number of hydrogen-bond donors (Lipinski definition) is 1. The third-order valence-electron chi connectivity index (χ3n) is 2.83. The summed E-state index contributed by atoms with van der Waals surface area (Å²) in [5, 5.41) is 8.54. The Morgan fingerprint density at radius 2 is 2.06 bits per heavy atom. The molecule has 17 heavy (non-hydrogen) atoms. The van der Waals surface area contributed by atoms with Crippen molar-refractivity contribution in [1.82, 2.24) is 4.31 Å². The zero-order chi connectivity index (χ0) is 13.3. The van der Waals surface area contributed by atoms with E-state index < -0.39 is 21.7 Å². The van der Waals surface area contributed by atoms with Gasteiger partial charge in [0.2, 0.25) is 10.0 Å². The predicted octanol–water partition coefficient (Wildman–Crippen LogP) is 1.08. The molecule has 0 fully saturated rings. The summed E-state index contributed by atoms with van der Waals surface area (Å²) in [5.41, 5.74) is 1.27. The van der Waals surface area contributed by atoms with Crippen LogP contribution in [0.3, 0.4) is 0 Å². The van der Waals surface area contributed by atoms with Gasteiger partial charge in [0.25, 0.3) is 0 Å². The van der Waals surface area contributed by atoms with Gasteiger partial charge in [-0.1, -0.05) is 32.4 Å². The molecule has 0 aliphatic carbocycles. The molecule has 0 spiro atoms. The quantitative estimate of drug-likeness (QED) is 0.771. The van der Waals surface area contributed by atoms with Crippen molar-refractivity contribution in [2.75, 3.05) is 18.8 Å². The van der Waals surface area contributed by atoms with Gasteiger partial charge in [-0.15, -0.1) is 0 Å². The predicted molar refractivity (Wildman–Crippen MR) is 65.2 cm³/mol. The first-order valence-electron chi connectivity index (χ1n) is 5.52. The van der Waals surface area contributed by atoms with Crippen LogP contribution in [0, 0.1) is 5.41 Å². The van der Waals surface area contributed by atoms with Gasteiger partial charge in [0.15, 0.2) is 5.75 Å². The normalized spacial score (nSPS) is 18.9. The Morgan fingerprint density at radius 3 is 2.41 bits per heavy atom. The van der Waals surface area contributed by atoms with E-state index in [-0.39, 0.29) is 12.0 Å². The largest absolute Gasteiger partial charge is 0.480 e. The molecular weight excluding hydrogens is 242 g/mol. The monoisotopic (exact) mass is 261 g/mol. The Bertz CT molecular complexity index is 431. The van der Waals surface area contributed by atoms with Crippen molar-refractivity contribution >= 4 is 16.0 Å². The maximum atomic E-state index is 11.7. The summed E-state index contributed by atoms with van der Waals surface area (Å²) in [6, 6.07) is 0. The molecule has 0 saturated carbocycles. The summed E-state index contributed by atoms with van der Waals surface area (Å²) in [7, 11) is -3.66. The summed E-state index contributed by atoms with van der Waals surface area (Å²) < 4.78 is 24.6. The van der Waals surface area contributed by atoms with Crippen LogP contribution in [0.2, 0.25) is 0 Å². The lowest BCUT2D eigenvalue weighted by Gasteiger charge is -2.31. The van der Waals surface area contributed by atoms with Gasteiger partial charge in [0.05, 0.1) is 0 Å². The molecular formula is C11H19NO4S. The average Bonchev–Trinajstić information content (AvgIpc) is 2.14. The molecule has 1 aliphatic heterocycles. The topological polar surface area (TPSA) is 74.7 Å². The third kappa shape index (κ3) is 3.81. The lowest BCUT2D eigenvalue weighted by Crippen LogP contribution is -2.39. The fourth-order valence-electron chi connectivity index (χ4n) is 1.83. The molecule has 0 saturated heterocycles. The van der Waals surface area contributed by atoms with Gasteiger partial charge in [0.1, 0.15) is 0 Å². The van der Waals surface area contributed by atoms with E-state index in [2.05, 4.69) is 20.8 Å². The van der Waals surface area contributed by atoms with Crippen LogP contribution in [0.15, 0.2) is 11.6 Å². The van der Waals surface area contributed by atoms with E-state index in [0.29, 0.717) is 13.0 Å². The summed E-state index contributed by atoms with van der Waals surface area (Å²) in [6.07, 6.45) is 2.56. The van der Waals surface area contributed by atoms with Crippen molar-refractivity contribution in [3.05, 3.63) is 11.6 Å². The van der Waals surface area contributed by atoms with Gasteiger partial charge < -0.3 is 5.11 Å². The van der Waals surface area contributed by atoms with Crippen LogP contribution in [-0.2, 0) is 14.8 Å².